The molecule has 0 aromatic heterocycles. The molecule has 2 nitrogen and oxygen atoms in total. The Labute approximate surface area is 115 Å². The highest BCUT2D eigenvalue weighted by Crippen LogP contribution is 2.43. The van der Waals surface area contributed by atoms with Crippen molar-refractivity contribution < 1.29 is 0 Å². The summed E-state index contributed by atoms with van der Waals surface area (Å²) < 4.78 is 0. The molecule has 0 aliphatic heterocycles. The molecule has 0 saturated carbocycles. The maximum Gasteiger partial charge on any atom is 0.0866 e. The predicted octanol–water partition coefficient (Wildman–Crippen LogP) is 3.44. The maximum absolute atomic E-state index is 6.01. The van der Waals surface area contributed by atoms with Gasteiger partial charge in [-0.3, -0.25) is 5.84 Å². The molecule has 0 heterocycles. The molecule has 0 radical (unpaired) electrons. The lowest BCUT2D eigenvalue weighted by molar-refractivity contribution is 0.181. The van der Waals surface area contributed by atoms with E-state index in [-0.39, 0.29) is 5.41 Å². The van der Waals surface area contributed by atoms with Crippen molar-refractivity contribution >= 4 is 0 Å². The van der Waals surface area contributed by atoms with Gasteiger partial charge in [0, 0.05) is 0 Å². The monoisotopic (exact) mass is 254 g/mol. The summed E-state index contributed by atoms with van der Waals surface area (Å²) in [5.41, 5.74) is 4.97. The number of hydrogen-bond donors (Lipinski definition) is 2. The van der Waals surface area contributed by atoms with Crippen LogP contribution >= 0.6 is 0 Å². The van der Waals surface area contributed by atoms with Gasteiger partial charge < -0.3 is 0 Å². The molecule has 2 aromatic carbocycles. The molecule has 0 aliphatic carbocycles. The van der Waals surface area contributed by atoms with E-state index in [1.54, 1.807) is 0 Å². The fraction of sp³-hybridized carbons (Fsp3) is 0.294. The summed E-state index contributed by atoms with van der Waals surface area (Å²) in [7, 11) is 0. The first-order valence-corrected chi connectivity index (χ1v) is 6.61. The van der Waals surface area contributed by atoms with E-state index in [4.69, 9.17) is 5.84 Å². The van der Waals surface area contributed by atoms with Crippen LogP contribution in [0.4, 0.5) is 0 Å². The van der Waals surface area contributed by atoms with Crippen LogP contribution in [-0.4, -0.2) is 0 Å². The summed E-state index contributed by atoms with van der Waals surface area (Å²) in [6, 6.07) is 20.8. The Kier molecular flexibility index (Phi) is 3.74. The van der Waals surface area contributed by atoms with Crippen molar-refractivity contribution in [3.05, 3.63) is 71.8 Å². The molecule has 0 fully saturated rings. The zero-order chi connectivity index (χ0) is 13.9. The summed E-state index contributed by atoms with van der Waals surface area (Å²) in [5.74, 6) is 6.01. The molecule has 0 amide bonds. The zero-order valence-corrected chi connectivity index (χ0v) is 11.9. The topological polar surface area (TPSA) is 38.0 Å². The van der Waals surface area contributed by atoms with Gasteiger partial charge in [0.1, 0.15) is 0 Å². The number of nitrogens with one attached hydrogen (secondary N) is 1. The smallest absolute Gasteiger partial charge is 0.0866 e. The molecule has 0 saturated heterocycles. The van der Waals surface area contributed by atoms with Gasteiger partial charge in [0.25, 0.3) is 0 Å². The van der Waals surface area contributed by atoms with Crippen molar-refractivity contribution in [2.45, 2.75) is 26.3 Å². The molecule has 0 unspecified atom stereocenters. The van der Waals surface area contributed by atoms with Crippen LogP contribution in [0, 0.1) is 5.41 Å². The molecular weight excluding hydrogens is 232 g/mol. The third kappa shape index (κ3) is 2.29. The summed E-state index contributed by atoms with van der Waals surface area (Å²) in [4.78, 5) is 0. The van der Waals surface area contributed by atoms with E-state index in [9.17, 15) is 0 Å². The highest BCUT2D eigenvalue weighted by Gasteiger charge is 2.44. The number of nitrogens with two attached hydrogens (primary N) is 1. The third-order valence-electron chi connectivity index (χ3n) is 3.76. The number of hydrazine groups is 1. The number of benzene rings is 2. The second-order valence-corrected chi connectivity index (χ2v) is 5.88. The number of hydrogen-bond acceptors (Lipinski definition) is 2. The SMILES string of the molecule is CC(C)(C)C(NN)(c1ccccc1)c1ccccc1. The quantitative estimate of drug-likeness (QED) is 0.650. The van der Waals surface area contributed by atoms with Gasteiger partial charge in [-0.1, -0.05) is 81.4 Å². The van der Waals surface area contributed by atoms with Crippen LogP contribution in [-0.2, 0) is 5.54 Å². The zero-order valence-electron chi connectivity index (χ0n) is 11.9. The third-order valence-corrected chi connectivity index (χ3v) is 3.76. The molecule has 2 heteroatoms. The van der Waals surface area contributed by atoms with Crippen molar-refractivity contribution in [2.24, 2.45) is 11.3 Å². The van der Waals surface area contributed by atoms with Crippen LogP contribution in [0.25, 0.3) is 0 Å². The van der Waals surface area contributed by atoms with Crippen molar-refractivity contribution in [2.75, 3.05) is 0 Å². The standard InChI is InChI=1S/C17H22N2/c1-16(2,3)17(19-18,14-10-6-4-7-11-14)15-12-8-5-9-13-15/h4-13,19H,18H2,1-3H3. The number of rotatable bonds is 3. The molecule has 2 aromatic rings. The van der Waals surface area contributed by atoms with Crippen molar-refractivity contribution in [1.29, 1.82) is 0 Å². The predicted molar refractivity (Wildman–Crippen MR) is 80.4 cm³/mol. The lowest BCUT2D eigenvalue weighted by Crippen LogP contribution is -2.56. The van der Waals surface area contributed by atoms with Gasteiger partial charge in [0.15, 0.2) is 0 Å². The van der Waals surface area contributed by atoms with E-state index >= 15 is 0 Å². The van der Waals surface area contributed by atoms with Crippen LogP contribution in [0.1, 0.15) is 31.9 Å². The first kappa shape index (κ1) is 13.8. The molecule has 0 spiro atoms. The Morgan fingerprint density at radius 2 is 1.11 bits per heavy atom. The maximum atomic E-state index is 6.01. The van der Waals surface area contributed by atoms with Crippen LogP contribution < -0.4 is 11.3 Å². The largest absolute Gasteiger partial charge is 0.270 e. The molecular formula is C17H22N2. The summed E-state index contributed by atoms with van der Waals surface area (Å²) in [6.07, 6.45) is 0. The Bertz CT molecular complexity index is 472. The molecule has 0 aliphatic rings. The Balaban J connectivity index is 2.70. The van der Waals surface area contributed by atoms with Gasteiger partial charge in [-0.25, -0.2) is 5.43 Å². The normalized spacial score (nSPS) is 12.4. The van der Waals surface area contributed by atoms with Crippen molar-refractivity contribution in [1.82, 2.24) is 5.43 Å². The molecule has 3 N–H and O–H groups in total. The summed E-state index contributed by atoms with van der Waals surface area (Å²) in [6.45, 7) is 6.60. The Morgan fingerprint density at radius 1 is 0.737 bits per heavy atom. The molecule has 100 valence electrons. The molecule has 0 atom stereocenters. The minimum atomic E-state index is -0.407. The lowest BCUT2D eigenvalue weighted by atomic mass is 9.66. The van der Waals surface area contributed by atoms with Gasteiger partial charge in [0.2, 0.25) is 0 Å². The Hall–Kier alpha value is -1.64. The first-order chi connectivity index (χ1) is 9.02. The van der Waals surface area contributed by atoms with Crippen LogP contribution in [0.3, 0.4) is 0 Å². The highest BCUT2D eigenvalue weighted by molar-refractivity contribution is 5.40. The van der Waals surface area contributed by atoms with Crippen LogP contribution in [0.15, 0.2) is 60.7 Å². The summed E-state index contributed by atoms with van der Waals surface area (Å²) in [5, 5.41) is 0. The van der Waals surface area contributed by atoms with Gasteiger partial charge in [-0.15, -0.1) is 0 Å². The van der Waals surface area contributed by atoms with E-state index < -0.39 is 5.54 Å². The van der Waals surface area contributed by atoms with Crippen LogP contribution in [0.5, 0.6) is 0 Å². The van der Waals surface area contributed by atoms with E-state index in [1.807, 2.05) is 12.1 Å². The first-order valence-electron chi connectivity index (χ1n) is 6.61. The van der Waals surface area contributed by atoms with E-state index in [2.05, 4.69) is 74.7 Å². The second kappa shape index (κ2) is 5.16. The molecule has 0 bridgehead atoms. The van der Waals surface area contributed by atoms with E-state index in [0.29, 0.717) is 0 Å². The highest BCUT2D eigenvalue weighted by atomic mass is 15.3. The minimum absolute atomic E-state index is 0.0650. The van der Waals surface area contributed by atoms with Crippen molar-refractivity contribution in [3.8, 4) is 0 Å². The fourth-order valence-corrected chi connectivity index (χ4v) is 2.79. The second-order valence-electron chi connectivity index (χ2n) is 5.88. The van der Waals surface area contributed by atoms with Crippen LogP contribution in [0.2, 0.25) is 0 Å². The Morgan fingerprint density at radius 3 is 1.37 bits per heavy atom. The van der Waals surface area contributed by atoms with E-state index in [1.165, 1.54) is 11.1 Å². The van der Waals surface area contributed by atoms with Gasteiger partial charge in [-0.2, -0.15) is 0 Å². The fourth-order valence-electron chi connectivity index (χ4n) is 2.79. The molecule has 19 heavy (non-hydrogen) atoms. The molecule has 2 rings (SSSR count). The summed E-state index contributed by atoms with van der Waals surface area (Å²) >= 11 is 0. The minimum Gasteiger partial charge on any atom is -0.270 e. The van der Waals surface area contributed by atoms with Gasteiger partial charge >= 0.3 is 0 Å². The van der Waals surface area contributed by atoms with E-state index in [0.717, 1.165) is 0 Å². The van der Waals surface area contributed by atoms with Gasteiger partial charge in [-0.05, 0) is 16.5 Å². The van der Waals surface area contributed by atoms with Gasteiger partial charge in [0.05, 0.1) is 5.54 Å². The average Bonchev–Trinajstić information content (AvgIpc) is 2.41. The van der Waals surface area contributed by atoms with Crippen molar-refractivity contribution in [3.63, 3.8) is 0 Å². The lowest BCUT2D eigenvalue weighted by Gasteiger charge is -2.45. The average molecular weight is 254 g/mol.